The van der Waals surface area contributed by atoms with Gasteiger partial charge < -0.3 is 10.4 Å². The summed E-state index contributed by atoms with van der Waals surface area (Å²) < 4.78 is 1.05. The fourth-order valence-corrected chi connectivity index (χ4v) is 2.54. The van der Waals surface area contributed by atoms with Crippen molar-refractivity contribution in [2.75, 3.05) is 6.61 Å². The molecule has 0 radical (unpaired) electrons. The second-order valence-corrected chi connectivity index (χ2v) is 5.69. The zero-order valence-corrected chi connectivity index (χ0v) is 11.7. The molecular formula is C13H14BrNOS. The summed E-state index contributed by atoms with van der Waals surface area (Å²) in [6, 6.07) is 12.1. The first-order valence-electron chi connectivity index (χ1n) is 5.41. The third-order valence-electron chi connectivity index (χ3n) is 2.56. The van der Waals surface area contributed by atoms with Gasteiger partial charge in [0.2, 0.25) is 0 Å². The number of hydrogen-bond acceptors (Lipinski definition) is 3. The molecule has 17 heavy (non-hydrogen) atoms. The van der Waals surface area contributed by atoms with E-state index < -0.39 is 0 Å². The molecule has 2 N–H and O–H groups in total. The predicted molar refractivity (Wildman–Crippen MR) is 75.1 cm³/mol. The number of halogens is 1. The minimum Gasteiger partial charge on any atom is -0.394 e. The summed E-state index contributed by atoms with van der Waals surface area (Å²) in [7, 11) is 0. The van der Waals surface area contributed by atoms with Gasteiger partial charge in [-0.15, -0.1) is 11.3 Å². The number of rotatable bonds is 5. The van der Waals surface area contributed by atoms with Crippen LogP contribution in [-0.4, -0.2) is 11.7 Å². The number of aliphatic hydroxyl groups excluding tert-OH is 1. The lowest BCUT2D eigenvalue weighted by Gasteiger charge is -2.16. The molecule has 1 aromatic carbocycles. The van der Waals surface area contributed by atoms with Gasteiger partial charge in [0, 0.05) is 15.9 Å². The van der Waals surface area contributed by atoms with Crippen LogP contribution >= 0.6 is 27.3 Å². The number of thiophene rings is 1. The number of hydrogen-bond donors (Lipinski definition) is 2. The van der Waals surface area contributed by atoms with Gasteiger partial charge in [-0.3, -0.25) is 0 Å². The first-order valence-corrected chi connectivity index (χ1v) is 7.09. The molecule has 2 aromatic rings. The maximum absolute atomic E-state index is 9.41. The Kier molecular flexibility index (Phi) is 4.74. The molecule has 0 aliphatic rings. The summed E-state index contributed by atoms with van der Waals surface area (Å²) >= 11 is 5.13. The van der Waals surface area contributed by atoms with Crippen LogP contribution in [0.15, 0.2) is 46.3 Å². The number of aliphatic hydroxyl groups is 1. The summed E-state index contributed by atoms with van der Waals surface area (Å²) in [6.07, 6.45) is 0. The largest absolute Gasteiger partial charge is 0.394 e. The monoisotopic (exact) mass is 311 g/mol. The van der Waals surface area contributed by atoms with Crippen LogP contribution in [0.2, 0.25) is 0 Å². The minimum atomic E-state index is -0.00907. The molecule has 2 nitrogen and oxygen atoms in total. The first-order chi connectivity index (χ1) is 8.29. The zero-order chi connectivity index (χ0) is 12.1. The van der Waals surface area contributed by atoms with Crippen LogP contribution in [0, 0.1) is 0 Å². The molecule has 1 atom stereocenters. The molecular weight excluding hydrogens is 298 g/mol. The minimum absolute atomic E-state index is 0.00907. The Morgan fingerprint density at radius 2 is 2.00 bits per heavy atom. The van der Waals surface area contributed by atoms with Crippen molar-refractivity contribution in [1.82, 2.24) is 5.32 Å². The van der Waals surface area contributed by atoms with Gasteiger partial charge in [-0.1, -0.05) is 34.1 Å². The average molecular weight is 312 g/mol. The second-order valence-electron chi connectivity index (χ2n) is 3.75. The Balaban J connectivity index is 1.99. The molecule has 90 valence electrons. The van der Waals surface area contributed by atoms with Crippen molar-refractivity contribution in [3.05, 3.63) is 56.7 Å². The molecule has 0 fully saturated rings. The van der Waals surface area contributed by atoms with Crippen molar-refractivity contribution < 1.29 is 5.11 Å². The Morgan fingerprint density at radius 3 is 2.59 bits per heavy atom. The Labute approximate surface area is 113 Å². The van der Waals surface area contributed by atoms with E-state index in [-0.39, 0.29) is 12.6 Å². The zero-order valence-electron chi connectivity index (χ0n) is 9.27. The van der Waals surface area contributed by atoms with Gasteiger partial charge in [0.1, 0.15) is 0 Å². The second kappa shape index (κ2) is 6.31. The van der Waals surface area contributed by atoms with E-state index in [0.717, 1.165) is 16.6 Å². The summed E-state index contributed by atoms with van der Waals surface area (Å²) in [6.45, 7) is 0.895. The molecule has 0 amide bonds. The number of benzene rings is 1. The van der Waals surface area contributed by atoms with Crippen LogP contribution in [0.4, 0.5) is 0 Å². The molecule has 0 saturated heterocycles. The van der Waals surface area contributed by atoms with Crippen LogP contribution < -0.4 is 5.32 Å². The van der Waals surface area contributed by atoms with E-state index in [1.165, 1.54) is 4.88 Å². The summed E-state index contributed by atoms with van der Waals surface area (Å²) in [5.74, 6) is 0. The molecule has 1 aromatic heterocycles. The van der Waals surface area contributed by atoms with Crippen LogP contribution in [-0.2, 0) is 6.54 Å². The van der Waals surface area contributed by atoms with Crippen molar-refractivity contribution in [3.63, 3.8) is 0 Å². The van der Waals surface area contributed by atoms with Crippen molar-refractivity contribution in [2.24, 2.45) is 0 Å². The van der Waals surface area contributed by atoms with Gasteiger partial charge in [-0.2, -0.15) is 0 Å². The molecule has 0 aliphatic carbocycles. The summed E-state index contributed by atoms with van der Waals surface area (Å²) in [5, 5.41) is 14.8. The third-order valence-corrected chi connectivity index (χ3v) is 3.96. The van der Waals surface area contributed by atoms with Gasteiger partial charge in [0.15, 0.2) is 0 Å². The average Bonchev–Trinajstić information content (AvgIpc) is 2.85. The van der Waals surface area contributed by atoms with Crippen molar-refractivity contribution in [2.45, 2.75) is 12.6 Å². The lowest BCUT2D eigenvalue weighted by atomic mass is 10.1. The lowest BCUT2D eigenvalue weighted by molar-refractivity contribution is 0.244. The highest BCUT2D eigenvalue weighted by Gasteiger charge is 2.09. The standard InChI is InChI=1S/C13H14BrNOS/c14-11-5-3-10(4-6-11)13(9-16)15-8-12-2-1-7-17-12/h1-7,13,15-16H,8-9H2. The number of nitrogens with one attached hydrogen (secondary N) is 1. The molecule has 0 spiro atoms. The van der Waals surface area contributed by atoms with E-state index >= 15 is 0 Å². The van der Waals surface area contributed by atoms with Gasteiger partial charge in [0.25, 0.3) is 0 Å². The van der Waals surface area contributed by atoms with Gasteiger partial charge in [-0.05, 0) is 29.1 Å². The molecule has 0 saturated carbocycles. The van der Waals surface area contributed by atoms with Crippen LogP contribution in [0.25, 0.3) is 0 Å². The van der Waals surface area contributed by atoms with E-state index in [0.29, 0.717) is 0 Å². The smallest absolute Gasteiger partial charge is 0.0626 e. The predicted octanol–water partition coefficient (Wildman–Crippen LogP) is 3.33. The van der Waals surface area contributed by atoms with Crippen LogP contribution in [0.3, 0.4) is 0 Å². The fraction of sp³-hybridized carbons (Fsp3) is 0.231. The Bertz CT molecular complexity index is 441. The van der Waals surface area contributed by atoms with E-state index in [1.54, 1.807) is 11.3 Å². The van der Waals surface area contributed by atoms with Crippen molar-refractivity contribution >= 4 is 27.3 Å². The lowest BCUT2D eigenvalue weighted by Crippen LogP contribution is -2.23. The molecule has 0 aliphatic heterocycles. The fourth-order valence-electron chi connectivity index (χ4n) is 1.62. The molecule has 2 rings (SSSR count). The Morgan fingerprint density at radius 1 is 1.24 bits per heavy atom. The quantitative estimate of drug-likeness (QED) is 0.887. The normalized spacial score (nSPS) is 12.6. The highest BCUT2D eigenvalue weighted by atomic mass is 79.9. The van der Waals surface area contributed by atoms with E-state index in [9.17, 15) is 5.11 Å². The topological polar surface area (TPSA) is 32.3 Å². The highest BCUT2D eigenvalue weighted by Crippen LogP contribution is 2.18. The molecule has 0 bridgehead atoms. The third kappa shape index (κ3) is 3.64. The van der Waals surface area contributed by atoms with Gasteiger partial charge >= 0.3 is 0 Å². The highest BCUT2D eigenvalue weighted by molar-refractivity contribution is 9.10. The van der Waals surface area contributed by atoms with Crippen LogP contribution in [0.1, 0.15) is 16.5 Å². The van der Waals surface area contributed by atoms with Gasteiger partial charge in [-0.25, -0.2) is 0 Å². The van der Waals surface area contributed by atoms with Gasteiger partial charge in [0.05, 0.1) is 12.6 Å². The SMILES string of the molecule is OCC(NCc1cccs1)c1ccc(Br)cc1. The summed E-state index contributed by atoms with van der Waals surface area (Å²) in [5.41, 5.74) is 1.10. The van der Waals surface area contributed by atoms with Crippen molar-refractivity contribution in [1.29, 1.82) is 0 Å². The molecule has 4 heteroatoms. The van der Waals surface area contributed by atoms with Crippen molar-refractivity contribution in [3.8, 4) is 0 Å². The van der Waals surface area contributed by atoms with E-state index in [4.69, 9.17) is 0 Å². The molecule has 1 unspecified atom stereocenters. The molecule has 1 heterocycles. The Hall–Kier alpha value is -0.680. The first kappa shape index (κ1) is 12.8. The van der Waals surface area contributed by atoms with Crippen LogP contribution in [0.5, 0.6) is 0 Å². The maximum atomic E-state index is 9.41. The summed E-state index contributed by atoms with van der Waals surface area (Å²) in [4.78, 5) is 1.28. The maximum Gasteiger partial charge on any atom is 0.0626 e. The van der Waals surface area contributed by atoms with E-state index in [2.05, 4.69) is 32.7 Å². The van der Waals surface area contributed by atoms with E-state index in [1.807, 2.05) is 30.3 Å².